The molecule has 0 aromatic heterocycles. The van der Waals surface area contributed by atoms with Crippen molar-refractivity contribution >= 4 is 17.7 Å². The Labute approximate surface area is 308 Å². The topological polar surface area (TPSA) is 66.5 Å². The van der Waals surface area contributed by atoms with Crippen LogP contribution in [-0.2, 0) is 0 Å². The van der Waals surface area contributed by atoms with Crippen LogP contribution in [0.1, 0.15) is 250 Å². The maximum Gasteiger partial charge on any atom is 0.261 e. The van der Waals surface area contributed by atoms with Gasteiger partial charge in [-0.25, -0.2) is 0 Å². The third kappa shape index (κ3) is 20.0. The summed E-state index contributed by atoms with van der Waals surface area (Å²) in [6.45, 7) is 5.66. The molecular weight excluding hydrogens is 617 g/mol. The first-order chi connectivity index (χ1) is 24.6. The highest BCUT2D eigenvalue weighted by Gasteiger charge is 2.35. The number of benzene rings is 1. The molecule has 0 aliphatic carbocycles. The quantitative estimate of drug-likeness (QED) is 0.0568. The number of nitrogens with zero attached hydrogens (tertiary/aromatic N) is 1. The molecule has 0 radical (unpaired) electrons. The van der Waals surface area contributed by atoms with Crippen LogP contribution in [0.5, 0.6) is 0 Å². The highest BCUT2D eigenvalue weighted by atomic mass is 16.2. The lowest BCUT2D eigenvalue weighted by atomic mass is 10.0. The predicted molar refractivity (Wildman–Crippen MR) is 213 cm³/mol. The minimum absolute atomic E-state index is 0.162. The molecule has 0 saturated heterocycles. The van der Waals surface area contributed by atoms with E-state index in [4.69, 9.17) is 0 Å². The maximum absolute atomic E-state index is 13.1. The average Bonchev–Trinajstić information content (AvgIpc) is 3.36. The van der Waals surface area contributed by atoms with Crippen molar-refractivity contribution in [3.8, 4) is 0 Å². The van der Waals surface area contributed by atoms with Crippen LogP contribution in [0, 0.1) is 0 Å². The molecule has 5 nitrogen and oxygen atoms in total. The molecule has 5 heteroatoms. The Morgan fingerprint density at radius 2 is 0.800 bits per heavy atom. The lowest BCUT2D eigenvalue weighted by molar-refractivity contribution is 0.0651. The van der Waals surface area contributed by atoms with Crippen molar-refractivity contribution in [2.75, 3.05) is 13.1 Å². The van der Waals surface area contributed by atoms with Gasteiger partial charge in [-0.3, -0.25) is 19.3 Å². The Hall–Kier alpha value is -2.17. The van der Waals surface area contributed by atoms with E-state index in [1.807, 2.05) is 0 Å². The highest BCUT2D eigenvalue weighted by molar-refractivity contribution is 6.22. The summed E-state index contributed by atoms with van der Waals surface area (Å²) in [5, 5.41) is 3.01. The van der Waals surface area contributed by atoms with E-state index in [1.165, 1.54) is 178 Å². The number of carbonyl (C=O) groups is 3. The van der Waals surface area contributed by atoms with Crippen molar-refractivity contribution < 1.29 is 14.4 Å². The van der Waals surface area contributed by atoms with E-state index in [0.717, 1.165) is 32.1 Å². The molecule has 0 saturated carbocycles. The zero-order valence-electron chi connectivity index (χ0n) is 32.9. The summed E-state index contributed by atoms with van der Waals surface area (Å²) in [7, 11) is 0. The van der Waals surface area contributed by atoms with E-state index >= 15 is 0 Å². The molecule has 0 fully saturated rings. The zero-order chi connectivity index (χ0) is 35.9. The molecule has 1 aliphatic heterocycles. The molecule has 1 aliphatic rings. The maximum atomic E-state index is 13.1. The molecule has 0 unspecified atom stereocenters. The van der Waals surface area contributed by atoms with Crippen LogP contribution >= 0.6 is 0 Å². The van der Waals surface area contributed by atoms with Crippen molar-refractivity contribution in [2.24, 2.45) is 0 Å². The second kappa shape index (κ2) is 30.5. The fourth-order valence-electron chi connectivity index (χ4n) is 7.43. The number of nitrogens with one attached hydrogen (secondary N) is 1. The Morgan fingerprint density at radius 1 is 0.460 bits per heavy atom. The third-order valence-electron chi connectivity index (χ3n) is 10.8. The molecule has 0 spiro atoms. The second-order valence-electron chi connectivity index (χ2n) is 15.4. The Bertz CT molecular complexity index is 1020. The molecule has 0 atom stereocenters. The van der Waals surface area contributed by atoms with Crippen molar-refractivity contribution in [2.45, 2.75) is 219 Å². The van der Waals surface area contributed by atoms with Crippen LogP contribution in [0.25, 0.3) is 0 Å². The minimum atomic E-state index is -0.251. The lowest BCUT2D eigenvalue weighted by Gasteiger charge is -2.13. The molecule has 1 N–H and O–H groups in total. The fraction of sp³-hybridized carbons (Fsp3) is 0.800. The van der Waals surface area contributed by atoms with E-state index in [1.54, 1.807) is 18.2 Å². The van der Waals surface area contributed by atoms with Gasteiger partial charge in [-0.05, 0) is 31.0 Å². The fourth-order valence-corrected chi connectivity index (χ4v) is 7.43. The van der Waals surface area contributed by atoms with Crippen molar-refractivity contribution in [3.05, 3.63) is 34.9 Å². The van der Waals surface area contributed by atoms with E-state index in [9.17, 15) is 14.4 Å². The molecule has 1 heterocycles. The summed E-state index contributed by atoms with van der Waals surface area (Å²) >= 11 is 0. The lowest BCUT2D eigenvalue weighted by Crippen LogP contribution is -2.30. The van der Waals surface area contributed by atoms with Crippen LogP contribution in [0.3, 0.4) is 0 Å². The first-order valence-electron chi connectivity index (χ1n) is 21.9. The SMILES string of the molecule is CCCCCCCCCCCCCCCCCCNC(=O)c1ccc2c(c1)C(=O)N(CCCCCCCCCCCCCCCCCC)C2=O. The summed E-state index contributed by atoms with van der Waals surface area (Å²) in [5.74, 6) is -0.630. The number of fused-ring (bicyclic) bond motifs is 1. The third-order valence-corrected chi connectivity index (χ3v) is 10.8. The van der Waals surface area contributed by atoms with Gasteiger partial charge >= 0.3 is 0 Å². The molecule has 0 bridgehead atoms. The monoisotopic (exact) mass is 695 g/mol. The number of hydrogen-bond donors (Lipinski definition) is 1. The summed E-state index contributed by atoms with van der Waals surface area (Å²) in [6, 6.07) is 4.96. The first-order valence-corrected chi connectivity index (χ1v) is 21.9. The largest absolute Gasteiger partial charge is 0.352 e. The van der Waals surface area contributed by atoms with Gasteiger partial charge in [-0.2, -0.15) is 0 Å². The van der Waals surface area contributed by atoms with Gasteiger partial charge < -0.3 is 5.32 Å². The van der Waals surface area contributed by atoms with E-state index in [-0.39, 0.29) is 17.7 Å². The molecule has 1 aromatic rings. The van der Waals surface area contributed by atoms with Crippen LogP contribution in [0.4, 0.5) is 0 Å². The first kappa shape index (κ1) is 44.0. The molecular formula is C45H78N2O3. The number of rotatable bonds is 35. The minimum Gasteiger partial charge on any atom is -0.352 e. The van der Waals surface area contributed by atoms with Crippen LogP contribution < -0.4 is 5.32 Å². The molecule has 3 amide bonds. The summed E-state index contributed by atoms with van der Waals surface area (Å²) in [4.78, 5) is 40.2. The second-order valence-corrected chi connectivity index (χ2v) is 15.4. The van der Waals surface area contributed by atoms with E-state index < -0.39 is 0 Å². The number of carbonyl (C=O) groups excluding carboxylic acids is 3. The normalized spacial score (nSPS) is 12.6. The smallest absolute Gasteiger partial charge is 0.261 e. The molecule has 2 rings (SSSR count). The van der Waals surface area contributed by atoms with Gasteiger partial charge in [-0.15, -0.1) is 0 Å². The van der Waals surface area contributed by atoms with Gasteiger partial charge in [0.1, 0.15) is 0 Å². The van der Waals surface area contributed by atoms with Crippen LogP contribution in [0.15, 0.2) is 18.2 Å². The van der Waals surface area contributed by atoms with Gasteiger partial charge in [-0.1, -0.05) is 206 Å². The van der Waals surface area contributed by atoms with Gasteiger partial charge in [0.2, 0.25) is 0 Å². The van der Waals surface area contributed by atoms with E-state index in [0.29, 0.717) is 29.8 Å². The van der Waals surface area contributed by atoms with Crippen molar-refractivity contribution in [1.29, 1.82) is 0 Å². The van der Waals surface area contributed by atoms with Crippen molar-refractivity contribution in [3.63, 3.8) is 0 Å². The van der Waals surface area contributed by atoms with Gasteiger partial charge in [0, 0.05) is 18.7 Å². The zero-order valence-corrected chi connectivity index (χ0v) is 32.9. The standard InChI is InChI=1S/C45H78N2O3/c1-3-5-7-9-11-13-15-17-19-21-23-25-27-29-31-33-37-46-43(48)40-35-36-41-42(39-40)45(50)47(44(41)49)38-34-32-30-28-26-24-22-20-18-16-14-12-10-8-6-4-2/h35-36,39H,3-34,37-38H2,1-2H3,(H,46,48). The number of unbranched alkanes of at least 4 members (excludes halogenated alkanes) is 30. The van der Waals surface area contributed by atoms with E-state index in [2.05, 4.69) is 19.2 Å². The number of imide groups is 1. The van der Waals surface area contributed by atoms with Gasteiger partial charge in [0.25, 0.3) is 17.7 Å². The Balaban J connectivity index is 1.46. The Morgan fingerprint density at radius 3 is 1.20 bits per heavy atom. The summed E-state index contributed by atoms with van der Waals surface area (Å²) in [5.41, 5.74) is 1.27. The van der Waals surface area contributed by atoms with Gasteiger partial charge in [0.05, 0.1) is 11.1 Å². The summed E-state index contributed by atoms with van der Waals surface area (Å²) in [6.07, 6.45) is 42.0. The number of amides is 3. The van der Waals surface area contributed by atoms with Crippen LogP contribution in [0.2, 0.25) is 0 Å². The highest BCUT2D eigenvalue weighted by Crippen LogP contribution is 2.25. The molecule has 1 aromatic carbocycles. The number of hydrogen-bond acceptors (Lipinski definition) is 3. The summed E-state index contributed by atoms with van der Waals surface area (Å²) < 4.78 is 0. The average molecular weight is 695 g/mol. The molecule has 286 valence electrons. The van der Waals surface area contributed by atoms with Crippen molar-refractivity contribution in [1.82, 2.24) is 10.2 Å². The Kier molecular flexibility index (Phi) is 26.8. The predicted octanol–water partition coefficient (Wildman–Crippen LogP) is 13.5. The molecule has 50 heavy (non-hydrogen) atoms. The van der Waals surface area contributed by atoms with Crippen LogP contribution in [-0.4, -0.2) is 35.7 Å². The van der Waals surface area contributed by atoms with Gasteiger partial charge in [0.15, 0.2) is 0 Å².